The van der Waals surface area contributed by atoms with Crippen LogP contribution < -0.4 is 10.9 Å². The Bertz CT molecular complexity index is 523. The van der Waals surface area contributed by atoms with E-state index < -0.39 is 5.97 Å². The monoisotopic (exact) mass is 328 g/mol. The first kappa shape index (κ1) is 14.1. The number of nitrogens with one attached hydrogen (secondary N) is 2. The molecule has 1 heterocycles. The molecular weight excluding hydrogens is 312 g/mol. The molecule has 0 amide bonds. The lowest BCUT2D eigenvalue weighted by molar-refractivity contribution is 0.0500. The quantitative estimate of drug-likeness (QED) is 0.622. The summed E-state index contributed by atoms with van der Waals surface area (Å²) in [5.74, 6) is 0.0470. The molecule has 0 bridgehead atoms. The Morgan fingerprint density at radius 2 is 2.32 bits per heavy atom. The normalized spacial score (nSPS) is 14.2. The van der Waals surface area contributed by atoms with E-state index in [9.17, 15) is 9.59 Å². The summed E-state index contributed by atoms with van der Waals surface area (Å²) in [6.45, 7) is 2.43. The number of aromatic nitrogens is 1. The van der Waals surface area contributed by atoms with Crippen molar-refractivity contribution in [1.29, 1.82) is 0 Å². The molecule has 1 aromatic heterocycles. The fourth-order valence-electron chi connectivity index (χ4n) is 1.60. The van der Waals surface area contributed by atoms with Crippen molar-refractivity contribution in [2.45, 2.75) is 38.6 Å². The summed E-state index contributed by atoms with van der Waals surface area (Å²) >= 11 is 3.13. The van der Waals surface area contributed by atoms with E-state index in [0.29, 0.717) is 28.5 Å². The third-order valence-corrected chi connectivity index (χ3v) is 3.46. The van der Waals surface area contributed by atoms with Gasteiger partial charge in [-0.25, -0.2) is 4.79 Å². The maximum atomic E-state index is 12.0. The van der Waals surface area contributed by atoms with Gasteiger partial charge in [0.2, 0.25) is 0 Å². The number of rotatable bonds is 6. The fourth-order valence-corrected chi connectivity index (χ4v) is 1.93. The van der Waals surface area contributed by atoms with Gasteiger partial charge in [0.25, 0.3) is 5.56 Å². The number of ether oxygens (including phenoxy) is 1. The van der Waals surface area contributed by atoms with Crippen molar-refractivity contribution in [1.82, 2.24) is 4.98 Å². The molecule has 1 fully saturated rings. The number of aromatic amines is 1. The first-order chi connectivity index (χ1) is 9.11. The minimum Gasteiger partial charge on any atom is -0.462 e. The van der Waals surface area contributed by atoms with Gasteiger partial charge in [0.1, 0.15) is 11.4 Å². The highest BCUT2D eigenvalue weighted by Gasteiger charge is 2.24. The number of carbonyl (C=O) groups excluding carboxylic acids is 1. The SMILES string of the molecule is CCCCOC(=O)c1cc(Br)c(=O)[nH]c1NC1CC1. The lowest BCUT2D eigenvalue weighted by Gasteiger charge is -2.11. The number of unbranched alkanes of at least 4 members (excludes halogenated alkanes) is 1. The summed E-state index contributed by atoms with van der Waals surface area (Å²) in [6.07, 6.45) is 3.92. The number of hydrogen-bond acceptors (Lipinski definition) is 4. The molecule has 0 unspecified atom stereocenters. The first-order valence-electron chi connectivity index (χ1n) is 6.48. The molecule has 1 aromatic rings. The highest BCUT2D eigenvalue weighted by atomic mass is 79.9. The zero-order valence-corrected chi connectivity index (χ0v) is 12.4. The Morgan fingerprint density at radius 1 is 1.58 bits per heavy atom. The minimum atomic E-state index is -0.409. The second-order valence-electron chi connectivity index (χ2n) is 4.64. The van der Waals surface area contributed by atoms with E-state index in [2.05, 4.69) is 26.2 Å². The van der Waals surface area contributed by atoms with Gasteiger partial charge in [-0.1, -0.05) is 13.3 Å². The molecule has 19 heavy (non-hydrogen) atoms. The Balaban J connectivity index is 2.18. The van der Waals surface area contributed by atoms with E-state index in [1.165, 1.54) is 6.07 Å². The van der Waals surface area contributed by atoms with Gasteiger partial charge in [-0.3, -0.25) is 4.79 Å². The number of esters is 1. The molecule has 0 aromatic carbocycles. The van der Waals surface area contributed by atoms with Crippen molar-refractivity contribution in [3.8, 4) is 0 Å². The largest absolute Gasteiger partial charge is 0.462 e. The Kier molecular flexibility index (Phi) is 4.63. The average Bonchev–Trinajstić information content (AvgIpc) is 3.17. The predicted octanol–water partition coefficient (Wildman–Crippen LogP) is 2.67. The van der Waals surface area contributed by atoms with Crippen LogP contribution in [-0.4, -0.2) is 23.6 Å². The van der Waals surface area contributed by atoms with Crippen LogP contribution in [0.3, 0.4) is 0 Å². The second kappa shape index (κ2) is 6.23. The molecule has 0 atom stereocenters. The van der Waals surface area contributed by atoms with E-state index in [-0.39, 0.29) is 5.56 Å². The van der Waals surface area contributed by atoms with Crippen molar-refractivity contribution in [3.05, 3.63) is 26.5 Å². The second-order valence-corrected chi connectivity index (χ2v) is 5.50. The molecule has 0 radical (unpaired) electrons. The molecule has 1 aliphatic carbocycles. The van der Waals surface area contributed by atoms with Gasteiger partial charge in [-0.15, -0.1) is 0 Å². The molecule has 2 N–H and O–H groups in total. The molecule has 0 aliphatic heterocycles. The van der Waals surface area contributed by atoms with E-state index in [0.717, 1.165) is 25.7 Å². The summed E-state index contributed by atoms with van der Waals surface area (Å²) < 4.78 is 5.51. The lowest BCUT2D eigenvalue weighted by atomic mass is 10.2. The first-order valence-corrected chi connectivity index (χ1v) is 7.27. The van der Waals surface area contributed by atoms with Gasteiger partial charge in [0.15, 0.2) is 0 Å². The maximum Gasteiger partial charge on any atom is 0.341 e. The topological polar surface area (TPSA) is 71.2 Å². The minimum absolute atomic E-state index is 0.256. The summed E-state index contributed by atoms with van der Waals surface area (Å²) in [7, 11) is 0. The van der Waals surface area contributed by atoms with Crippen molar-refractivity contribution < 1.29 is 9.53 Å². The maximum absolute atomic E-state index is 12.0. The van der Waals surface area contributed by atoms with Gasteiger partial charge in [0.05, 0.1) is 11.1 Å². The number of H-pyrrole nitrogens is 1. The van der Waals surface area contributed by atoms with Crippen LogP contribution in [0.2, 0.25) is 0 Å². The molecule has 104 valence electrons. The number of hydrogen-bond donors (Lipinski definition) is 2. The molecule has 5 nitrogen and oxygen atoms in total. The fraction of sp³-hybridized carbons (Fsp3) is 0.538. The number of pyridine rings is 1. The molecule has 0 spiro atoms. The van der Waals surface area contributed by atoms with E-state index >= 15 is 0 Å². The number of anilines is 1. The molecule has 0 saturated heterocycles. The average molecular weight is 329 g/mol. The molecular formula is C13H17BrN2O3. The van der Waals surface area contributed by atoms with Crippen LogP contribution >= 0.6 is 15.9 Å². The zero-order chi connectivity index (χ0) is 13.8. The highest BCUT2D eigenvalue weighted by Crippen LogP contribution is 2.26. The van der Waals surface area contributed by atoms with E-state index in [4.69, 9.17) is 4.74 Å². The van der Waals surface area contributed by atoms with Crippen LogP contribution in [0, 0.1) is 0 Å². The van der Waals surface area contributed by atoms with Crippen molar-refractivity contribution in [2.24, 2.45) is 0 Å². The van der Waals surface area contributed by atoms with Crippen molar-refractivity contribution in [3.63, 3.8) is 0 Å². The molecule has 6 heteroatoms. The van der Waals surface area contributed by atoms with Crippen LogP contribution in [0.5, 0.6) is 0 Å². The van der Waals surface area contributed by atoms with E-state index in [1.54, 1.807) is 0 Å². The van der Waals surface area contributed by atoms with E-state index in [1.807, 2.05) is 6.92 Å². The number of carbonyl (C=O) groups is 1. The number of halogens is 1. The van der Waals surface area contributed by atoms with Crippen LogP contribution in [0.25, 0.3) is 0 Å². The molecule has 1 aliphatic rings. The van der Waals surface area contributed by atoms with Gasteiger partial charge in [-0.05, 0) is 41.3 Å². The standard InChI is InChI=1S/C13H17BrN2O3/c1-2-3-6-19-13(18)9-7-10(14)12(17)16-11(9)15-8-4-5-8/h7-8H,2-6H2,1H3,(H2,15,16,17). The van der Waals surface area contributed by atoms with Gasteiger partial charge in [0, 0.05) is 6.04 Å². The Labute approximate surface area is 119 Å². The lowest BCUT2D eigenvalue weighted by Crippen LogP contribution is -2.18. The van der Waals surface area contributed by atoms with Crippen LogP contribution in [0.15, 0.2) is 15.3 Å². The zero-order valence-electron chi connectivity index (χ0n) is 10.8. The molecule has 1 saturated carbocycles. The van der Waals surface area contributed by atoms with Crippen LogP contribution in [-0.2, 0) is 4.74 Å². The molecule has 2 rings (SSSR count). The van der Waals surface area contributed by atoms with Crippen LogP contribution in [0.4, 0.5) is 5.82 Å². The highest BCUT2D eigenvalue weighted by molar-refractivity contribution is 9.10. The van der Waals surface area contributed by atoms with Gasteiger partial charge < -0.3 is 15.0 Å². The third kappa shape index (κ3) is 3.83. The summed E-state index contributed by atoms with van der Waals surface area (Å²) in [5, 5.41) is 3.15. The van der Waals surface area contributed by atoms with Crippen molar-refractivity contribution in [2.75, 3.05) is 11.9 Å². The summed E-state index contributed by atoms with van der Waals surface area (Å²) in [5.41, 5.74) is 0.114. The van der Waals surface area contributed by atoms with Gasteiger partial charge >= 0.3 is 5.97 Å². The summed E-state index contributed by atoms with van der Waals surface area (Å²) in [6, 6.07) is 1.86. The Hall–Kier alpha value is -1.30. The van der Waals surface area contributed by atoms with Crippen LogP contribution in [0.1, 0.15) is 43.0 Å². The third-order valence-electron chi connectivity index (χ3n) is 2.87. The predicted molar refractivity (Wildman–Crippen MR) is 76.6 cm³/mol. The smallest absolute Gasteiger partial charge is 0.341 e. The summed E-state index contributed by atoms with van der Waals surface area (Å²) in [4.78, 5) is 26.3. The Morgan fingerprint density at radius 3 is 2.95 bits per heavy atom. The van der Waals surface area contributed by atoms with Gasteiger partial charge in [-0.2, -0.15) is 0 Å². The van der Waals surface area contributed by atoms with Crippen molar-refractivity contribution >= 4 is 27.7 Å².